The van der Waals surface area contributed by atoms with Crippen molar-refractivity contribution in [3.05, 3.63) is 21.2 Å². The highest BCUT2D eigenvalue weighted by atomic mass is 79.9. The van der Waals surface area contributed by atoms with E-state index in [1.54, 1.807) is 0 Å². The van der Waals surface area contributed by atoms with Crippen molar-refractivity contribution in [1.82, 2.24) is 14.9 Å². The first-order valence-corrected chi connectivity index (χ1v) is 7.03. The summed E-state index contributed by atoms with van der Waals surface area (Å²) in [6.07, 6.45) is 1.40. The molecule has 1 unspecified atom stereocenters. The number of nitrogens with two attached hydrogens (primary N) is 1. The summed E-state index contributed by atoms with van der Waals surface area (Å²) in [5, 5.41) is 11.7. The van der Waals surface area contributed by atoms with Gasteiger partial charge in [-0.1, -0.05) is 5.16 Å². The summed E-state index contributed by atoms with van der Waals surface area (Å²) in [4.78, 5) is 22.4. The first-order valence-electron chi connectivity index (χ1n) is 6.24. The quantitative estimate of drug-likeness (QED) is 0.303. The molecule has 2 rings (SSSR count). The molecular formula is C11H17BrN6O2. The maximum absolute atomic E-state index is 11.5. The lowest BCUT2D eigenvalue weighted by Crippen LogP contribution is -2.53. The summed E-state index contributed by atoms with van der Waals surface area (Å²) < 4.78 is 0.443. The number of halogens is 1. The zero-order valence-corrected chi connectivity index (χ0v) is 12.7. The van der Waals surface area contributed by atoms with Crippen LogP contribution < -0.4 is 16.2 Å². The number of aromatic nitrogens is 2. The number of anilines is 1. The molecule has 20 heavy (non-hydrogen) atoms. The molecule has 1 aromatic rings. The molecule has 0 spiro atoms. The highest BCUT2D eigenvalue weighted by molar-refractivity contribution is 9.10. The number of H-pyrrole nitrogens is 1. The van der Waals surface area contributed by atoms with Crippen LogP contribution in [0.1, 0.15) is 6.92 Å². The number of nitrogens with zero attached hydrogens (tertiary/aromatic N) is 4. The van der Waals surface area contributed by atoms with Gasteiger partial charge in [-0.25, -0.2) is 4.98 Å². The SMILES string of the molecule is CC(C(N)=NO)N1CCN(c2nc[nH]c(=O)c2Br)CC1. The number of aromatic amines is 1. The van der Waals surface area contributed by atoms with Crippen LogP contribution in [-0.4, -0.2) is 58.1 Å². The van der Waals surface area contributed by atoms with E-state index in [1.165, 1.54) is 6.33 Å². The number of oxime groups is 1. The van der Waals surface area contributed by atoms with Crippen molar-refractivity contribution in [2.45, 2.75) is 13.0 Å². The van der Waals surface area contributed by atoms with E-state index < -0.39 is 0 Å². The molecule has 0 aliphatic carbocycles. The Morgan fingerprint density at radius 2 is 2.20 bits per heavy atom. The molecule has 1 aliphatic heterocycles. The number of nitrogens with one attached hydrogen (secondary N) is 1. The van der Waals surface area contributed by atoms with E-state index in [-0.39, 0.29) is 17.4 Å². The predicted octanol–water partition coefficient (Wildman–Crippen LogP) is -0.211. The van der Waals surface area contributed by atoms with Gasteiger partial charge in [-0.05, 0) is 22.9 Å². The van der Waals surface area contributed by atoms with Crippen molar-refractivity contribution < 1.29 is 5.21 Å². The summed E-state index contributed by atoms with van der Waals surface area (Å²) in [5.41, 5.74) is 5.42. The maximum atomic E-state index is 11.5. The van der Waals surface area contributed by atoms with Crippen molar-refractivity contribution in [2.24, 2.45) is 10.9 Å². The fourth-order valence-electron chi connectivity index (χ4n) is 2.19. The molecule has 1 fully saturated rings. The molecule has 0 saturated carbocycles. The first-order chi connectivity index (χ1) is 9.54. The largest absolute Gasteiger partial charge is 0.409 e. The van der Waals surface area contributed by atoms with E-state index in [1.807, 2.05) is 11.8 Å². The van der Waals surface area contributed by atoms with Gasteiger partial charge in [-0.2, -0.15) is 0 Å². The minimum atomic E-state index is -0.192. The lowest BCUT2D eigenvalue weighted by Gasteiger charge is -2.38. The minimum absolute atomic E-state index is 0.113. The Morgan fingerprint density at radius 1 is 1.55 bits per heavy atom. The van der Waals surface area contributed by atoms with Crippen LogP contribution in [-0.2, 0) is 0 Å². The van der Waals surface area contributed by atoms with Crippen LogP contribution in [0.2, 0.25) is 0 Å². The molecule has 0 radical (unpaired) electrons. The second kappa shape index (κ2) is 6.23. The van der Waals surface area contributed by atoms with Gasteiger partial charge in [0.1, 0.15) is 10.3 Å². The zero-order chi connectivity index (χ0) is 14.7. The maximum Gasteiger partial charge on any atom is 0.267 e. The van der Waals surface area contributed by atoms with Crippen molar-refractivity contribution in [1.29, 1.82) is 0 Å². The van der Waals surface area contributed by atoms with Gasteiger partial charge in [0.25, 0.3) is 5.56 Å². The van der Waals surface area contributed by atoms with Gasteiger partial charge < -0.3 is 20.8 Å². The van der Waals surface area contributed by atoms with Gasteiger partial charge in [-0.3, -0.25) is 9.69 Å². The van der Waals surface area contributed by atoms with Gasteiger partial charge in [-0.15, -0.1) is 0 Å². The highest BCUT2D eigenvalue weighted by Gasteiger charge is 2.25. The Bertz CT molecular complexity index is 552. The Hall–Kier alpha value is -1.61. The average Bonchev–Trinajstić information content (AvgIpc) is 2.48. The zero-order valence-electron chi connectivity index (χ0n) is 11.1. The lowest BCUT2D eigenvalue weighted by molar-refractivity contribution is 0.229. The molecule has 1 aliphatic rings. The van der Waals surface area contributed by atoms with Gasteiger partial charge in [0.05, 0.1) is 12.4 Å². The molecule has 9 heteroatoms. The number of hydrogen-bond acceptors (Lipinski definition) is 6. The Morgan fingerprint density at radius 3 is 2.80 bits per heavy atom. The molecule has 4 N–H and O–H groups in total. The Labute approximate surface area is 124 Å². The fourth-order valence-corrected chi connectivity index (χ4v) is 2.65. The molecule has 1 saturated heterocycles. The molecular weight excluding hydrogens is 328 g/mol. The number of amidine groups is 1. The summed E-state index contributed by atoms with van der Waals surface area (Å²) in [6, 6.07) is -0.113. The van der Waals surface area contributed by atoms with Gasteiger partial charge in [0.2, 0.25) is 0 Å². The standard InChI is InChI=1S/C11H17BrN6O2/c1-7(9(13)16-20)17-2-4-18(5-3-17)10-8(12)11(19)15-6-14-10/h6-7,20H,2-5H2,1H3,(H2,13,16)(H,14,15,19). The molecule has 0 amide bonds. The Kier molecular flexibility index (Phi) is 4.61. The van der Waals surface area contributed by atoms with Crippen molar-refractivity contribution >= 4 is 27.6 Å². The van der Waals surface area contributed by atoms with Crippen LogP contribution in [0.25, 0.3) is 0 Å². The second-order valence-electron chi connectivity index (χ2n) is 4.59. The molecule has 1 aromatic heterocycles. The van der Waals surface area contributed by atoms with E-state index in [2.05, 4.69) is 36.0 Å². The number of hydrogen-bond donors (Lipinski definition) is 3. The van der Waals surface area contributed by atoms with Crippen LogP contribution in [0.15, 0.2) is 20.8 Å². The van der Waals surface area contributed by atoms with E-state index in [4.69, 9.17) is 10.9 Å². The van der Waals surface area contributed by atoms with Gasteiger partial charge >= 0.3 is 0 Å². The van der Waals surface area contributed by atoms with Gasteiger partial charge in [0.15, 0.2) is 5.84 Å². The van der Waals surface area contributed by atoms with Crippen LogP contribution in [0.4, 0.5) is 5.82 Å². The third-order valence-corrected chi connectivity index (χ3v) is 4.20. The first kappa shape index (κ1) is 14.8. The fraction of sp³-hybridized carbons (Fsp3) is 0.545. The molecule has 110 valence electrons. The topological polar surface area (TPSA) is 111 Å². The molecule has 1 atom stereocenters. The van der Waals surface area contributed by atoms with Crippen molar-refractivity contribution in [2.75, 3.05) is 31.1 Å². The van der Waals surface area contributed by atoms with Crippen LogP contribution in [0.3, 0.4) is 0 Å². The molecule has 2 heterocycles. The Balaban J connectivity index is 2.05. The van der Waals surface area contributed by atoms with Crippen molar-refractivity contribution in [3.63, 3.8) is 0 Å². The van der Waals surface area contributed by atoms with E-state index in [9.17, 15) is 4.79 Å². The minimum Gasteiger partial charge on any atom is -0.409 e. The molecule has 8 nitrogen and oxygen atoms in total. The van der Waals surface area contributed by atoms with E-state index in [0.717, 1.165) is 26.2 Å². The summed E-state index contributed by atoms with van der Waals surface area (Å²) in [7, 11) is 0. The van der Waals surface area contributed by atoms with E-state index >= 15 is 0 Å². The molecule has 0 bridgehead atoms. The smallest absolute Gasteiger partial charge is 0.267 e. The van der Waals surface area contributed by atoms with Crippen molar-refractivity contribution in [3.8, 4) is 0 Å². The normalized spacial score (nSPS) is 19.1. The summed E-state index contributed by atoms with van der Waals surface area (Å²) >= 11 is 3.26. The number of rotatable bonds is 3. The van der Waals surface area contributed by atoms with Crippen LogP contribution in [0, 0.1) is 0 Å². The van der Waals surface area contributed by atoms with E-state index in [0.29, 0.717) is 10.3 Å². The van der Waals surface area contributed by atoms with Crippen LogP contribution in [0.5, 0.6) is 0 Å². The summed E-state index contributed by atoms with van der Waals surface area (Å²) in [6.45, 7) is 4.83. The lowest BCUT2D eigenvalue weighted by atomic mass is 10.2. The molecule has 0 aromatic carbocycles. The summed E-state index contributed by atoms with van der Waals surface area (Å²) in [5.74, 6) is 0.846. The number of piperazine rings is 1. The predicted molar refractivity (Wildman–Crippen MR) is 79.2 cm³/mol. The van der Waals surface area contributed by atoms with Gasteiger partial charge in [0, 0.05) is 26.2 Å². The monoisotopic (exact) mass is 344 g/mol. The third kappa shape index (κ3) is 2.93. The van der Waals surface area contributed by atoms with Crippen LogP contribution >= 0.6 is 15.9 Å². The second-order valence-corrected chi connectivity index (χ2v) is 5.39. The third-order valence-electron chi connectivity index (χ3n) is 3.48. The average molecular weight is 345 g/mol. The highest BCUT2D eigenvalue weighted by Crippen LogP contribution is 2.20.